The van der Waals surface area contributed by atoms with E-state index < -0.39 is 27.8 Å². The molecule has 174 valence electrons. The molecule has 2 atom stereocenters. The molecule has 2 aromatic rings. The lowest BCUT2D eigenvalue weighted by atomic mass is 9.96. The number of benzene rings is 1. The summed E-state index contributed by atoms with van der Waals surface area (Å²) in [7, 11) is -3.84. The number of piperidine rings is 1. The molecule has 8 nitrogen and oxygen atoms in total. The van der Waals surface area contributed by atoms with Crippen molar-refractivity contribution in [2.24, 2.45) is 11.8 Å². The average Bonchev–Trinajstić information content (AvgIpc) is 3.16. The fourth-order valence-corrected chi connectivity index (χ4v) is 5.75. The molecule has 2 heterocycles. The number of anilines is 1. The highest BCUT2D eigenvalue weighted by atomic mass is 32.2. The van der Waals surface area contributed by atoms with E-state index in [1.165, 1.54) is 27.8 Å². The minimum Gasteiger partial charge on any atom is -0.344 e. The molecule has 32 heavy (non-hydrogen) atoms. The van der Waals surface area contributed by atoms with Gasteiger partial charge in [-0.3, -0.25) is 9.59 Å². The van der Waals surface area contributed by atoms with E-state index in [0.717, 1.165) is 17.8 Å². The Morgan fingerprint density at radius 1 is 1.25 bits per heavy atom. The third kappa shape index (κ3) is 5.70. The van der Waals surface area contributed by atoms with Crippen LogP contribution in [0.15, 0.2) is 34.5 Å². The lowest BCUT2D eigenvalue weighted by Crippen LogP contribution is -2.52. The van der Waals surface area contributed by atoms with Crippen molar-refractivity contribution < 1.29 is 22.4 Å². The van der Waals surface area contributed by atoms with Crippen LogP contribution < -0.4 is 10.6 Å². The van der Waals surface area contributed by atoms with Crippen LogP contribution in [0, 0.1) is 24.6 Å². The second-order valence-corrected chi connectivity index (χ2v) is 11.0. The van der Waals surface area contributed by atoms with Crippen molar-refractivity contribution in [2.75, 3.05) is 18.4 Å². The molecule has 11 heteroatoms. The first-order chi connectivity index (χ1) is 15.1. The number of hydrogen-bond acceptors (Lipinski definition) is 6. The number of carbonyl (C=O) groups is 2. The molecular weight excluding hydrogens is 455 g/mol. The minimum atomic E-state index is -3.84. The van der Waals surface area contributed by atoms with Crippen LogP contribution in [0.4, 0.5) is 9.52 Å². The van der Waals surface area contributed by atoms with E-state index in [0.29, 0.717) is 18.0 Å². The fourth-order valence-electron chi connectivity index (χ4n) is 3.53. The molecule has 0 aliphatic carbocycles. The van der Waals surface area contributed by atoms with Gasteiger partial charge in [-0.2, -0.15) is 4.31 Å². The molecule has 0 saturated carbocycles. The molecule has 1 saturated heterocycles. The summed E-state index contributed by atoms with van der Waals surface area (Å²) in [5, 5.41) is 7.79. The zero-order valence-corrected chi connectivity index (χ0v) is 19.8. The number of aromatic nitrogens is 1. The van der Waals surface area contributed by atoms with Crippen molar-refractivity contribution in [3.8, 4) is 0 Å². The van der Waals surface area contributed by atoms with E-state index in [9.17, 15) is 22.4 Å². The molecule has 0 bridgehead atoms. The van der Waals surface area contributed by atoms with Gasteiger partial charge in [-0.25, -0.2) is 17.8 Å². The molecule has 2 amide bonds. The van der Waals surface area contributed by atoms with Crippen LogP contribution in [-0.2, 0) is 19.6 Å². The summed E-state index contributed by atoms with van der Waals surface area (Å²) in [6, 6.07) is 3.84. The SMILES string of the molecule is Cc1csc(NC(=O)[C@@H](NC(=O)[C@H]2CCCN(S(=O)(=O)c3ccc(F)cc3)C2)C(C)C)n1. The number of halogens is 1. The summed E-state index contributed by atoms with van der Waals surface area (Å²) >= 11 is 1.30. The Labute approximate surface area is 191 Å². The first-order valence-electron chi connectivity index (χ1n) is 10.4. The van der Waals surface area contributed by atoms with Crippen molar-refractivity contribution in [2.45, 2.75) is 44.6 Å². The van der Waals surface area contributed by atoms with E-state index in [-0.39, 0.29) is 35.7 Å². The molecule has 0 spiro atoms. The Hall–Kier alpha value is -2.37. The fraction of sp³-hybridized carbons (Fsp3) is 0.476. The number of aryl methyl sites for hydroxylation is 1. The Bertz CT molecular complexity index is 1070. The van der Waals surface area contributed by atoms with Gasteiger partial charge in [0.25, 0.3) is 0 Å². The number of nitrogens with one attached hydrogen (secondary N) is 2. The highest BCUT2D eigenvalue weighted by Gasteiger charge is 2.35. The largest absolute Gasteiger partial charge is 0.344 e. The van der Waals surface area contributed by atoms with Gasteiger partial charge < -0.3 is 10.6 Å². The van der Waals surface area contributed by atoms with Crippen molar-refractivity contribution >= 4 is 38.3 Å². The molecule has 1 aliphatic rings. The van der Waals surface area contributed by atoms with Gasteiger partial charge in [-0.15, -0.1) is 11.3 Å². The molecule has 0 radical (unpaired) electrons. The van der Waals surface area contributed by atoms with Crippen LogP contribution in [-0.4, -0.2) is 48.7 Å². The van der Waals surface area contributed by atoms with Gasteiger partial charge in [0.15, 0.2) is 5.13 Å². The number of carbonyl (C=O) groups excluding carboxylic acids is 2. The Morgan fingerprint density at radius 2 is 1.94 bits per heavy atom. The second-order valence-electron chi connectivity index (χ2n) is 8.17. The van der Waals surface area contributed by atoms with Gasteiger partial charge in [0.1, 0.15) is 11.9 Å². The number of sulfonamides is 1. The number of amides is 2. The zero-order chi connectivity index (χ0) is 23.5. The molecule has 3 rings (SSSR count). The minimum absolute atomic E-state index is 0.00362. The van der Waals surface area contributed by atoms with Crippen molar-refractivity contribution in [1.82, 2.24) is 14.6 Å². The van der Waals surface area contributed by atoms with Crippen molar-refractivity contribution in [3.63, 3.8) is 0 Å². The van der Waals surface area contributed by atoms with Crippen LogP contribution >= 0.6 is 11.3 Å². The first-order valence-corrected chi connectivity index (χ1v) is 12.7. The molecule has 0 unspecified atom stereocenters. The molecule has 1 aromatic carbocycles. The predicted molar refractivity (Wildman–Crippen MR) is 120 cm³/mol. The van der Waals surface area contributed by atoms with Crippen molar-refractivity contribution in [3.05, 3.63) is 41.2 Å². The standard InChI is InChI=1S/C21H27FN4O4S2/c1-13(2)18(20(28)25-21-23-14(3)12-31-21)24-19(27)15-5-4-10-26(11-15)32(29,30)17-8-6-16(22)7-9-17/h6-9,12-13,15,18H,4-5,10-11H2,1-3H3,(H,24,27)(H,23,25,28)/t15-,18-/m0/s1. The summed E-state index contributed by atoms with van der Waals surface area (Å²) in [6.07, 6.45) is 1.02. The van der Waals surface area contributed by atoms with Crippen LogP contribution in [0.2, 0.25) is 0 Å². The number of thiazole rings is 1. The normalized spacial score (nSPS) is 18.3. The van der Waals surface area contributed by atoms with Gasteiger partial charge in [0.2, 0.25) is 21.8 Å². The summed E-state index contributed by atoms with van der Waals surface area (Å²) in [5.74, 6) is -2.02. The highest BCUT2D eigenvalue weighted by Crippen LogP contribution is 2.24. The van der Waals surface area contributed by atoms with Crippen LogP contribution in [0.1, 0.15) is 32.4 Å². The van der Waals surface area contributed by atoms with Gasteiger partial charge in [-0.05, 0) is 49.9 Å². The topological polar surface area (TPSA) is 108 Å². The third-order valence-corrected chi connectivity index (χ3v) is 8.06. The Balaban J connectivity index is 1.67. The molecule has 1 aliphatic heterocycles. The zero-order valence-electron chi connectivity index (χ0n) is 18.2. The lowest BCUT2D eigenvalue weighted by Gasteiger charge is -2.32. The molecule has 2 N–H and O–H groups in total. The van der Waals surface area contributed by atoms with Gasteiger partial charge in [-0.1, -0.05) is 13.8 Å². The smallest absolute Gasteiger partial charge is 0.248 e. The van der Waals surface area contributed by atoms with Gasteiger partial charge >= 0.3 is 0 Å². The van der Waals surface area contributed by atoms with Crippen molar-refractivity contribution in [1.29, 1.82) is 0 Å². The van der Waals surface area contributed by atoms with E-state index in [1.807, 2.05) is 26.2 Å². The summed E-state index contributed by atoms with van der Waals surface area (Å²) < 4.78 is 40.2. The maximum atomic E-state index is 13.2. The summed E-state index contributed by atoms with van der Waals surface area (Å²) in [6.45, 7) is 5.75. The van der Waals surface area contributed by atoms with E-state index in [4.69, 9.17) is 0 Å². The van der Waals surface area contributed by atoms with Gasteiger partial charge in [0.05, 0.1) is 16.5 Å². The maximum Gasteiger partial charge on any atom is 0.248 e. The predicted octanol–water partition coefficient (Wildman–Crippen LogP) is 2.77. The van der Waals surface area contributed by atoms with E-state index in [2.05, 4.69) is 15.6 Å². The summed E-state index contributed by atoms with van der Waals surface area (Å²) in [4.78, 5) is 29.9. The number of rotatable bonds is 7. The quantitative estimate of drug-likeness (QED) is 0.631. The molecular formula is C21H27FN4O4S2. The lowest BCUT2D eigenvalue weighted by molar-refractivity contribution is -0.130. The van der Waals surface area contributed by atoms with E-state index in [1.54, 1.807) is 0 Å². The Kier molecular flexibility index (Phi) is 7.63. The van der Waals surface area contributed by atoms with Crippen LogP contribution in [0.5, 0.6) is 0 Å². The van der Waals surface area contributed by atoms with E-state index >= 15 is 0 Å². The van der Waals surface area contributed by atoms with Crippen LogP contribution in [0.3, 0.4) is 0 Å². The summed E-state index contributed by atoms with van der Waals surface area (Å²) in [5.41, 5.74) is 0.792. The number of nitrogens with zero attached hydrogens (tertiary/aromatic N) is 2. The molecule has 1 fully saturated rings. The highest BCUT2D eigenvalue weighted by molar-refractivity contribution is 7.89. The monoisotopic (exact) mass is 482 g/mol. The first kappa shape index (κ1) is 24.3. The van der Waals surface area contributed by atoms with Crippen LogP contribution in [0.25, 0.3) is 0 Å². The Morgan fingerprint density at radius 3 is 2.53 bits per heavy atom. The second kappa shape index (κ2) is 10.1. The maximum absolute atomic E-state index is 13.2. The third-order valence-electron chi connectivity index (χ3n) is 5.30. The number of hydrogen-bond donors (Lipinski definition) is 2. The van der Waals surface area contributed by atoms with Gasteiger partial charge in [0, 0.05) is 18.5 Å². The molecule has 1 aromatic heterocycles. The average molecular weight is 483 g/mol.